The maximum Gasteiger partial charge on any atom is 0.127 e. The third kappa shape index (κ3) is 3.82. The number of phenolic OH excluding ortho intramolecular Hbond substituents is 1. The van der Waals surface area contributed by atoms with E-state index in [0.29, 0.717) is 17.8 Å². The molecule has 150 valence electrons. The molecule has 1 saturated heterocycles. The van der Waals surface area contributed by atoms with Crippen molar-refractivity contribution in [2.45, 2.75) is 31.8 Å². The highest BCUT2D eigenvalue weighted by Gasteiger charge is 2.42. The molecule has 0 amide bonds. The zero-order chi connectivity index (χ0) is 19.8. The highest BCUT2D eigenvalue weighted by Crippen LogP contribution is 2.41. The summed E-state index contributed by atoms with van der Waals surface area (Å²) in [6.07, 6.45) is 6.36. The molecule has 1 N–H and O–H groups in total. The van der Waals surface area contributed by atoms with Crippen LogP contribution in [0.5, 0.6) is 11.5 Å². The lowest BCUT2D eigenvalue weighted by atomic mass is 10.0. The van der Waals surface area contributed by atoms with E-state index in [1.165, 1.54) is 18.7 Å². The molecule has 0 bridgehead atoms. The zero-order valence-corrected chi connectivity index (χ0v) is 16.9. The van der Waals surface area contributed by atoms with Crippen LogP contribution >= 0.6 is 0 Å². The Morgan fingerprint density at radius 2 is 1.83 bits per heavy atom. The predicted octanol–water partition coefficient (Wildman–Crippen LogP) is 4.83. The summed E-state index contributed by atoms with van der Waals surface area (Å²) in [5, 5.41) is 11.8. The Kier molecular flexibility index (Phi) is 4.88. The van der Waals surface area contributed by atoms with Crippen LogP contribution < -0.4 is 4.74 Å². The average Bonchev–Trinajstić information content (AvgIpc) is 3.26. The SMILES string of the molecule is CC(CN1C[C@H]2C[C@H](Oc3cccc4cnccc34)C[C@H]2C1)c1ccc(O)cc1. The van der Waals surface area contributed by atoms with E-state index in [1.807, 2.05) is 30.6 Å². The van der Waals surface area contributed by atoms with E-state index in [1.54, 1.807) is 12.1 Å². The second-order valence-corrected chi connectivity index (χ2v) is 8.80. The number of fused-ring (bicyclic) bond motifs is 2. The van der Waals surface area contributed by atoms with Crippen molar-refractivity contribution in [2.75, 3.05) is 19.6 Å². The lowest BCUT2D eigenvalue weighted by Gasteiger charge is -2.23. The molecule has 1 saturated carbocycles. The lowest BCUT2D eigenvalue weighted by Crippen LogP contribution is -2.28. The number of rotatable bonds is 5. The van der Waals surface area contributed by atoms with E-state index in [9.17, 15) is 5.11 Å². The number of hydrogen-bond donors (Lipinski definition) is 1. The standard InChI is InChI=1S/C25H28N2O2/c1-17(18-5-7-22(28)8-6-18)14-27-15-20-11-23(12-21(20)16-27)29-25-4-2-3-19-13-26-10-9-24(19)25/h2-10,13,17,20-21,23,28H,11-12,14-16H2,1H3/t17?,20-,21+,23+. The van der Waals surface area contributed by atoms with Crippen LogP contribution in [-0.4, -0.2) is 40.7 Å². The molecule has 3 aromatic rings. The molecule has 0 radical (unpaired) electrons. The van der Waals surface area contributed by atoms with Crippen molar-refractivity contribution in [1.29, 1.82) is 0 Å². The molecule has 5 rings (SSSR count). The van der Waals surface area contributed by atoms with Crippen LogP contribution in [0.1, 0.15) is 31.2 Å². The first-order valence-electron chi connectivity index (χ1n) is 10.7. The minimum atomic E-state index is 0.320. The number of benzene rings is 2. The van der Waals surface area contributed by atoms with Crippen LogP contribution in [0, 0.1) is 11.8 Å². The molecule has 4 heteroatoms. The predicted molar refractivity (Wildman–Crippen MR) is 115 cm³/mol. The van der Waals surface area contributed by atoms with Gasteiger partial charge in [0.25, 0.3) is 0 Å². The first kappa shape index (κ1) is 18.4. The van der Waals surface area contributed by atoms with E-state index in [0.717, 1.165) is 47.7 Å². The Labute approximate surface area is 172 Å². The third-order valence-corrected chi connectivity index (χ3v) is 6.71. The largest absolute Gasteiger partial charge is 0.508 e. The summed E-state index contributed by atoms with van der Waals surface area (Å²) >= 11 is 0. The van der Waals surface area contributed by atoms with Crippen LogP contribution in [-0.2, 0) is 0 Å². The Bertz CT molecular complexity index is 968. The van der Waals surface area contributed by atoms with Gasteiger partial charge in [0.05, 0.1) is 6.10 Å². The van der Waals surface area contributed by atoms with Crippen molar-refractivity contribution in [3.05, 3.63) is 66.5 Å². The molecular weight excluding hydrogens is 360 g/mol. The van der Waals surface area contributed by atoms with Gasteiger partial charge in [0.2, 0.25) is 0 Å². The van der Waals surface area contributed by atoms with Crippen molar-refractivity contribution in [2.24, 2.45) is 11.8 Å². The first-order valence-corrected chi connectivity index (χ1v) is 10.7. The van der Waals surface area contributed by atoms with Gasteiger partial charge in [-0.2, -0.15) is 0 Å². The zero-order valence-electron chi connectivity index (χ0n) is 16.9. The molecule has 2 heterocycles. The summed E-state index contributed by atoms with van der Waals surface area (Å²) in [6, 6.07) is 15.9. The number of pyridine rings is 1. The number of nitrogens with zero attached hydrogens (tertiary/aromatic N) is 2. The Hall–Kier alpha value is -2.59. The first-order chi connectivity index (χ1) is 14.2. The fourth-order valence-corrected chi connectivity index (χ4v) is 5.26. The smallest absolute Gasteiger partial charge is 0.127 e. The van der Waals surface area contributed by atoms with Crippen molar-refractivity contribution in [3.63, 3.8) is 0 Å². The quantitative estimate of drug-likeness (QED) is 0.680. The van der Waals surface area contributed by atoms with Gasteiger partial charge in [-0.25, -0.2) is 0 Å². The van der Waals surface area contributed by atoms with Crippen molar-refractivity contribution < 1.29 is 9.84 Å². The Morgan fingerprint density at radius 3 is 2.59 bits per heavy atom. The fourth-order valence-electron chi connectivity index (χ4n) is 5.26. The third-order valence-electron chi connectivity index (χ3n) is 6.71. The average molecular weight is 389 g/mol. The van der Waals surface area contributed by atoms with Gasteiger partial charge in [-0.1, -0.05) is 31.2 Å². The maximum absolute atomic E-state index is 9.50. The van der Waals surface area contributed by atoms with Gasteiger partial charge in [0.1, 0.15) is 11.5 Å². The van der Waals surface area contributed by atoms with E-state index in [4.69, 9.17) is 4.74 Å². The molecule has 29 heavy (non-hydrogen) atoms. The van der Waals surface area contributed by atoms with Gasteiger partial charge >= 0.3 is 0 Å². The van der Waals surface area contributed by atoms with Gasteiger partial charge < -0.3 is 14.7 Å². The Balaban J connectivity index is 1.18. The van der Waals surface area contributed by atoms with Crippen LogP contribution in [0.3, 0.4) is 0 Å². The molecule has 1 aromatic heterocycles. The number of ether oxygens (including phenoxy) is 1. The number of aromatic nitrogens is 1. The summed E-state index contributed by atoms with van der Waals surface area (Å²) in [5.74, 6) is 3.29. The second-order valence-electron chi connectivity index (χ2n) is 8.80. The maximum atomic E-state index is 9.50. The molecule has 1 aliphatic heterocycles. The topological polar surface area (TPSA) is 45.6 Å². The lowest BCUT2D eigenvalue weighted by molar-refractivity contribution is 0.186. The van der Waals surface area contributed by atoms with E-state index in [-0.39, 0.29) is 0 Å². The summed E-state index contributed by atoms with van der Waals surface area (Å²) in [5.41, 5.74) is 1.30. The van der Waals surface area contributed by atoms with Gasteiger partial charge in [0, 0.05) is 42.8 Å². The van der Waals surface area contributed by atoms with E-state index < -0.39 is 0 Å². The number of phenols is 1. The number of hydrogen-bond acceptors (Lipinski definition) is 4. The molecule has 4 atom stereocenters. The summed E-state index contributed by atoms with van der Waals surface area (Å²) in [7, 11) is 0. The van der Waals surface area contributed by atoms with E-state index >= 15 is 0 Å². The molecule has 1 unspecified atom stereocenters. The monoisotopic (exact) mass is 388 g/mol. The van der Waals surface area contributed by atoms with Crippen LogP contribution in [0.4, 0.5) is 0 Å². The van der Waals surface area contributed by atoms with Gasteiger partial charge in [-0.15, -0.1) is 0 Å². The Morgan fingerprint density at radius 1 is 1.07 bits per heavy atom. The molecule has 1 aliphatic carbocycles. The molecule has 2 fully saturated rings. The van der Waals surface area contributed by atoms with Crippen LogP contribution in [0.2, 0.25) is 0 Å². The molecule has 2 aliphatic rings. The van der Waals surface area contributed by atoms with E-state index in [2.05, 4.69) is 35.0 Å². The molecule has 4 nitrogen and oxygen atoms in total. The van der Waals surface area contributed by atoms with Crippen LogP contribution in [0.15, 0.2) is 60.9 Å². The van der Waals surface area contributed by atoms with Gasteiger partial charge in [-0.3, -0.25) is 4.98 Å². The minimum absolute atomic E-state index is 0.320. The van der Waals surface area contributed by atoms with Crippen LogP contribution in [0.25, 0.3) is 10.8 Å². The summed E-state index contributed by atoms with van der Waals surface area (Å²) in [6.45, 7) is 5.71. The normalized spacial score (nSPS) is 25.2. The summed E-state index contributed by atoms with van der Waals surface area (Å²) < 4.78 is 6.45. The fraction of sp³-hybridized carbons (Fsp3) is 0.400. The van der Waals surface area contributed by atoms with Crippen molar-refractivity contribution in [3.8, 4) is 11.5 Å². The van der Waals surface area contributed by atoms with Gasteiger partial charge in [-0.05, 0) is 60.4 Å². The van der Waals surface area contributed by atoms with Crippen molar-refractivity contribution >= 4 is 10.8 Å². The molecule has 0 spiro atoms. The van der Waals surface area contributed by atoms with Gasteiger partial charge in [0.15, 0.2) is 0 Å². The molecular formula is C25H28N2O2. The van der Waals surface area contributed by atoms with Crippen molar-refractivity contribution in [1.82, 2.24) is 9.88 Å². The highest BCUT2D eigenvalue weighted by atomic mass is 16.5. The number of likely N-dealkylation sites (tertiary alicyclic amines) is 1. The minimum Gasteiger partial charge on any atom is -0.508 e. The highest BCUT2D eigenvalue weighted by molar-refractivity contribution is 5.87. The molecule has 2 aromatic carbocycles. The summed E-state index contributed by atoms with van der Waals surface area (Å²) in [4.78, 5) is 6.83. The number of aromatic hydroxyl groups is 1. The second kappa shape index (κ2) is 7.68.